The molecule has 4 heteroatoms. The summed E-state index contributed by atoms with van der Waals surface area (Å²) in [6.45, 7) is 0. The van der Waals surface area contributed by atoms with Gasteiger partial charge in [-0.2, -0.15) is 0 Å². The lowest BCUT2D eigenvalue weighted by atomic mass is 10.3. The smallest absolute Gasteiger partial charge is 0.138 e. The van der Waals surface area contributed by atoms with Crippen LogP contribution in [0, 0.1) is 0 Å². The minimum Gasteiger partial charge on any atom is -0.397 e. The molecule has 0 atom stereocenters. The zero-order valence-electron chi connectivity index (χ0n) is 5.63. The number of fused-ring (bicyclic) bond motifs is 1. The number of hydrogen-bond donors (Lipinski definition) is 2. The van der Waals surface area contributed by atoms with Gasteiger partial charge in [0, 0.05) is 16.1 Å². The van der Waals surface area contributed by atoms with Crippen LogP contribution in [0.1, 0.15) is 0 Å². The number of nitrogens with two attached hydrogens (primary N) is 1. The number of H-pyrrole nitrogens is 1. The lowest BCUT2D eigenvalue weighted by molar-refractivity contribution is 1.33. The second-order valence-corrected chi connectivity index (χ2v) is 3.16. The molecule has 2 heterocycles. The first kappa shape index (κ1) is 6.67. The number of nitrogens with one attached hydrogen (secondary N) is 1. The summed E-state index contributed by atoms with van der Waals surface area (Å²) in [6.07, 6.45) is 3.47. The number of aromatic nitrogens is 2. The molecule has 0 aromatic carbocycles. The van der Waals surface area contributed by atoms with Gasteiger partial charge in [-0.05, 0) is 22.0 Å². The molecule has 3 N–H and O–H groups in total. The van der Waals surface area contributed by atoms with E-state index in [4.69, 9.17) is 5.73 Å². The molecule has 0 amide bonds. The van der Waals surface area contributed by atoms with Gasteiger partial charge in [-0.25, -0.2) is 4.98 Å². The van der Waals surface area contributed by atoms with Crippen LogP contribution in [0.25, 0.3) is 11.0 Å². The van der Waals surface area contributed by atoms with E-state index in [1.807, 2.05) is 12.3 Å². The molecule has 56 valence electrons. The number of rotatable bonds is 0. The van der Waals surface area contributed by atoms with E-state index in [0.29, 0.717) is 5.69 Å². The van der Waals surface area contributed by atoms with E-state index in [1.165, 1.54) is 0 Å². The van der Waals surface area contributed by atoms with Crippen LogP contribution in [0.4, 0.5) is 5.69 Å². The molecule has 11 heavy (non-hydrogen) atoms. The molecule has 2 aromatic rings. The van der Waals surface area contributed by atoms with Crippen molar-refractivity contribution in [3.05, 3.63) is 22.9 Å². The maximum atomic E-state index is 5.55. The van der Waals surface area contributed by atoms with Crippen LogP contribution in [0.3, 0.4) is 0 Å². The second kappa shape index (κ2) is 2.23. The molecule has 2 rings (SSSR count). The first-order valence-corrected chi connectivity index (χ1v) is 3.95. The van der Waals surface area contributed by atoms with E-state index < -0.39 is 0 Å². The van der Waals surface area contributed by atoms with Gasteiger partial charge in [-0.15, -0.1) is 0 Å². The second-order valence-electron chi connectivity index (χ2n) is 2.30. The summed E-state index contributed by atoms with van der Waals surface area (Å²) < 4.78 is 0.993. The summed E-state index contributed by atoms with van der Waals surface area (Å²) in [5.41, 5.74) is 7.09. The fourth-order valence-corrected chi connectivity index (χ4v) is 1.40. The molecule has 3 nitrogen and oxygen atoms in total. The maximum Gasteiger partial charge on any atom is 0.138 e. The Morgan fingerprint density at radius 2 is 2.36 bits per heavy atom. The summed E-state index contributed by atoms with van der Waals surface area (Å²) >= 11 is 3.37. The van der Waals surface area contributed by atoms with E-state index in [-0.39, 0.29) is 0 Å². The largest absolute Gasteiger partial charge is 0.397 e. The molecular weight excluding hydrogens is 206 g/mol. The molecule has 0 saturated heterocycles. The molecule has 0 saturated carbocycles. The van der Waals surface area contributed by atoms with Crippen molar-refractivity contribution >= 4 is 32.7 Å². The standard InChI is InChI=1S/C7H6BrN3/c8-6-3-11-7-5(6)1-4(9)2-10-7/h1-3H,9H2,(H,10,11). The molecule has 2 aromatic heterocycles. The Bertz CT molecular complexity index is 393. The molecular formula is C7H6BrN3. The predicted octanol–water partition coefficient (Wildman–Crippen LogP) is 1.91. The lowest BCUT2D eigenvalue weighted by Crippen LogP contribution is -1.85. The van der Waals surface area contributed by atoms with E-state index in [2.05, 4.69) is 25.9 Å². The van der Waals surface area contributed by atoms with Gasteiger partial charge < -0.3 is 10.7 Å². The first-order valence-electron chi connectivity index (χ1n) is 3.15. The van der Waals surface area contributed by atoms with E-state index in [9.17, 15) is 0 Å². The quantitative estimate of drug-likeness (QED) is 0.700. The fourth-order valence-electron chi connectivity index (χ4n) is 0.987. The summed E-state index contributed by atoms with van der Waals surface area (Å²) in [7, 11) is 0. The van der Waals surface area contributed by atoms with Gasteiger partial charge in [0.15, 0.2) is 0 Å². The third-order valence-electron chi connectivity index (χ3n) is 1.50. The van der Waals surface area contributed by atoms with Crippen molar-refractivity contribution in [1.29, 1.82) is 0 Å². The van der Waals surface area contributed by atoms with Crippen LogP contribution >= 0.6 is 15.9 Å². The third-order valence-corrected chi connectivity index (χ3v) is 2.16. The molecule has 0 radical (unpaired) electrons. The third kappa shape index (κ3) is 0.991. The van der Waals surface area contributed by atoms with Crippen molar-refractivity contribution in [2.24, 2.45) is 0 Å². The summed E-state index contributed by atoms with van der Waals surface area (Å²) in [4.78, 5) is 7.09. The molecule has 0 bridgehead atoms. The number of pyridine rings is 1. The van der Waals surface area contributed by atoms with E-state index in [1.54, 1.807) is 6.20 Å². The highest BCUT2D eigenvalue weighted by Gasteiger charge is 2.00. The Labute approximate surface area is 71.7 Å². The van der Waals surface area contributed by atoms with Crippen molar-refractivity contribution < 1.29 is 0 Å². The monoisotopic (exact) mass is 211 g/mol. The summed E-state index contributed by atoms with van der Waals surface area (Å²) in [5, 5.41) is 1.02. The molecule has 0 aliphatic rings. The molecule has 0 spiro atoms. The van der Waals surface area contributed by atoms with Crippen molar-refractivity contribution in [1.82, 2.24) is 9.97 Å². The van der Waals surface area contributed by atoms with Crippen LogP contribution in [-0.4, -0.2) is 9.97 Å². The van der Waals surface area contributed by atoms with Gasteiger partial charge in [0.1, 0.15) is 5.65 Å². The number of halogens is 1. The van der Waals surface area contributed by atoms with Gasteiger partial charge >= 0.3 is 0 Å². The summed E-state index contributed by atoms with van der Waals surface area (Å²) in [6, 6.07) is 1.88. The highest BCUT2D eigenvalue weighted by Crippen LogP contribution is 2.22. The van der Waals surface area contributed by atoms with Gasteiger partial charge in [0.05, 0.1) is 11.9 Å². The van der Waals surface area contributed by atoms with Crippen molar-refractivity contribution in [3.8, 4) is 0 Å². The van der Waals surface area contributed by atoms with Crippen LogP contribution < -0.4 is 5.73 Å². The number of nitrogen functional groups attached to an aromatic ring is 1. The molecule has 0 unspecified atom stereocenters. The average molecular weight is 212 g/mol. The van der Waals surface area contributed by atoms with Crippen molar-refractivity contribution in [2.75, 3.05) is 5.73 Å². The van der Waals surface area contributed by atoms with E-state index in [0.717, 1.165) is 15.5 Å². The van der Waals surface area contributed by atoms with Crippen molar-refractivity contribution in [2.45, 2.75) is 0 Å². The Kier molecular flexibility index (Phi) is 1.35. The Morgan fingerprint density at radius 3 is 3.18 bits per heavy atom. The highest BCUT2D eigenvalue weighted by atomic mass is 79.9. The number of hydrogen-bond acceptors (Lipinski definition) is 2. The predicted molar refractivity (Wildman–Crippen MR) is 48.2 cm³/mol. The molecule has 0 aliphatic carbocycles. The first-order chi connectivity index (χ1) is 5.27. The normalized spacial score (nSPS) is 10.6. The molecule has 0 fully saturated rings. The van der Waals surface area contributed by atoms with Crippen LogP contribution in [-0.2, 0) is 0 Å². The number of anilines is 1. The summed E-state index contributed by atoms with van der Waals surface area (Å²) in [5.74, 6) is 0. The zero-order chi connectivity index (χ0) is 7.84. The SMILES string of the molecule is Nc1cnc2[nH]cc(Br)c2c1. The van der Waals surface area contributed by atoms with Gasteiger partial charge in [0.25, 0.3) is 0 Å². The Balaban J connectivity index is 2.87. The Hall–Kier alpha value is -1.03. The topological polar surface area (TPSA) is 54.7 Å². The van der Waals surface area contributed by atoms with Crippen LogP contribution in [0.2, 0.25) is 0 Å². The molecule has 0 aliphatic heterocycles. The minimum absolute atomic E-state index is 0.679. The number of aromatic amines is 1. The Morgan fingerprint density at radius 1 is 1.55 bits per heavy atom. The minimum atomic E-state index is 0.679. The van der Waals surface area contributed by atoms with E-state index >= 15 is 0 Å². The number of nitrogens with zero attached hydrogens (tertiary/aromatic N) is 1. The highest BCUT2D eigenvalue weighted by molar-refractivity contribution is 9.10. The lowest BCUT2D eigenvalue weighted by Gasteiger charge is -1.91. The fraction of sp³-hybridized carbons (Fsp3) is 0. The van der Waals surface area contributed by atoms with Gasteiger partial charge in [0.2, 0.25) is 0 Å². The van der Waals surface area contributed by atoms with Gasteiger partial charge in [-0.1, -0.05) is 0 Å². The maximum absolute atomic E-state index is 5.55. The van der Waals surface area contributed by atoms with Crippen LogP contribution in [0.15, 0.2) is 22.9 Å². The van der Waals surface area contributed by atoms with Gasteiger partial charge in [-0.3, -0.25) is 0 Å². The zero-order valence-corrected chi connectivity index (χ0v) is 7.22. The van der Waals surface area contributed by atoms with Crippen molar-refractivity contribution in [3.63, 3.8) is 0 Å². The average Bonchev–Trinajstić information content (AvgIpc) is 2.33. The van der Waals surface area contributed by atoms with Crippen LogP contribution in [0.5, 0.6) is 0 Å².